The van der Waals surface area contributed by atoms with Crippen molar-refractivity contribution >= 4 is 11.8 Å². The Morgan fingerprint density at radius 1 is 1.32 bits per heavy atom. The van der Waals surface area contributed by atoms with Crippen molar-refractivity contribution in [2.24, 2.45) is 17.1 Å². The highest BCUT2D eigenvalue weighted by molar-refractivity contribution is 5.84. The van der Waals surface area contributed by atoms with Gasteiger partial charge in [0.05, 0.1) is 5.41 Å². The van der Waals surface area contributed by atoms with Crippen LogP contribution in [0.2, 0.25) is 0 Å². The van der Waals surface area contributed by atoms with Crippen LogP contribution in [0, 0.1) is 11.3 Å². The minimum absolute atomic E-state index is 0.00309. The van der Waals surface area contributed by atoms with Crippen LogP contribution in [0.4, 0.5) is 0 Å². The van der Waals surface area contributed by atoms with Gasteiger partial charge in [-0.1, -0.05) is 6.92 Å². The maximum Gasteiger partial charge on any atom is 0.227 e. The monoisotopic (exact) mass is 269 g/mol. The largest absolute Gasteiger partial charge is 0.355 e. The van der Waals surface area contributed by atoms with E-state index in [1.54, 1.807) is 0 Å². The lowest BCUT2D eigenvalue weighted by atomic mass is 9.62. The van der Waals surface area contributed by atoms with E-state index in [-0.39, 0.29) is 22.8 Å². The predicted molar refractivity (Wildman–Crippen MR) is 75.4 cm³/mol. The number of carbonyl (C=O) groups excluding carboxylic acids is 2. The average molecular weight is 269 g/mol. The second-order valence-corrected chi connectivity index (χ2v) is 6.80. The second kappa shape index (κ2) is 5.90. The molecule has 0 aromatic carbocycles. The van der Waals surface area contributed by atoms with Crippen molar-refractivity contribution in [3.05, 3.63) is 0 Å². The predicted octanol–water partition coefficient (Wildman–Crippen LogP) is 0.782. The summed E-state index contributed by atoms with van der Waals surface area (Å²) in [6, 6.07) is 0. The molecule has 110 valence electrons. The molecular formula is C14H27N3O2. The zero-order valence-electron chi connectivity index (χ0n) is 12.5. The lowest BCUT2D eigenvalue weighted by Gasteiger charge is -2.44. The van der Waals surface area contributed by atoms with Crippen molar-refractivity contribution < 1.29 is 9.59 Å². The summed E-state index contributed by atoms with van der Waals surface area (Å²) in [5, 5.41) is 5.70. The summed E-state index contributed by atoms with van der Waals surface area (Å²) >= 11 is 0. The molecule has 0 unspecified atom stereocenters. The zero-order valence-corrected chi connectivity index (χ0v) is 12.5. The Bertz CT molecular complexity index is 341. The van der Waals surface area contributed by atoms with E-state index in [4.69, 9.17) is 5.73 Å². The van der Waals surface area contributed by atoms with Crippen molar-refractivity contribution in [2.45, 2.75) is 52.5 Å². The number of nitrogens with two attached hydrogens (primary N) is 1. The molecule has 0 radical (unpaired) electrons. The van der Waals surface area contributed by atoms with E-state index in [1.165, 1.54) is 0 Å². The SMILES string of the molecule is CC1CC(CN)(C(=O)NCCC(=O)NC(C)(C)C)C1. The summed E-state index contributed by atoms with van der Waals surface area (Å²) in [6.07, 6.45) is 2.01. The molecule has 1 aliphatic rings. The van der Waals surface area contributed by atoms with Crippen LogP contribution in [0.5, 0.6) is 0 Å². The van der Waals surface area contributed by atoms with Crippen molar-refractivity contribution in [3.63, 3.8) is 0 Å². The molecule has 0 atom stereocenters. The lowest BCUT2D eigenvalue weighted by molar-refractivity contribution is -0.138. The van der Waals surface area contributed by atoms with Crippen LogP contribution in [0.1, 0.15) is 47.0 Å². The van der Waals surface area contributed by atoms with Crippen molar-refractivity contribution in [1.29, 1.82) is 0 Å². The first-order chi connectivity index (χ1) is 8.68. The van der Waals surface area contributed by atoms with E-state index >= 15 is 0 Å². The second-order valence-electron chi connectivity index (χ2n) is 6.80. The number of hydrogen-bond acceptors (Lipinski definition) is 3. The first-order valence-electron chi connectivity index (χ1n) is 6.98. The number of nitrogens with one attached hydrogen (secondary N) is 2. The van der Waals surface area contributed by atoms with Crippen LogP contribution in [-0.4, -0.2) is 30.4 Å². The fraction of sp³-hybridized carbons (Fsp3) is 0.857. The van der Waals surface area contributed by atoms with Crippen LogP contribution in [0.15, 0.2) is 0 Å². The molecule has 5 nitrogen and oxygen atoms in total. The number of amides is 2. The van der Waals surface area contributed by atoms with Gasteiger partial charge in [0, 0.05) is 25.0 Å². The molecule has 1 aliphatic carbocycles. The van der Waals surface area contributed by atoms with Crippen molar-refractivity contribution in [1.82, 2.24) is 10.6 Å². The van der Waals surface area contributed by atoms with Gasteiger partial charge in [0.15, 0.2) is 0 Å². The maximum atomic E-state index is 12.1. The standard InChI is InChI=1S/C14H27N3O2/c1-10-7-14(8-10,9-15)12(19)16-6-5-11(18)17-13(2,3)4/h10H,5-9,15H2,1-4H3,(H,16,19)(H,17,18). The normalized spacial score (nSPS) is 26.5. The van der Waals surface area contributed by atoms with Crippen LogP contribution in [0.3, 0.4) is 0 Å². The summed E-state index contributed by atoms with van der Waals surface area (Å²) in [4.78, 5) is 23.7. The lowest BCUT2D eigenvalue weighted by Crippen LogP contribution is -2.53. The van der Waals surface area contributed by atoms with Gasteiger partial charge in [-0.3, -0.25) is 9.59 Å². The molecular weight excluding hydrogens is 242 g/mol. The first kappa shape index (κ1) is 16.0. The molecule has 4 N–H and O–H groups in total. The van der Waals surface area contributed by atoms with E-state index in [9.17, 15) is 9.59 Å². The van der Waals surface area contributed by atoms with Gasteiger partial charge in [0.1, 0.15) is 0 Å². The van der Waals surface area contributed by atoms with Crippen molar-refractivity contribution in [2.75, 3.05) is 13.1 Å². The number of hydrogen-bond donors (Lipinski definition) is 3. The summed E-state index contributed by atoms with van der Waals surface area (Å²) in [7, 11) is 0. The van der Waals surface area contributed by atoms with Crippen LogP contribution >= 0.6 is 0 Å². The summed E-state index contributed by atoms with van der Waals surface area (Å²) in [6.45, 7) is 8.68. The van der Waals surface area contributed by atoms with E-state index in [0.29, 0.717) is 25.4 Å². The maximum absolute atomic E-state index is 12.1. The number of carbonyl (C=O) groups is 2. The molecule has 5 heteroatoms. The van der Waals surface area contributed by atoms with Crippen LogP contribution in [0.25, 0.3) is 0 Å². The topological polar surface area (TPSA) is 84.2 Å². The minimum atomic E-state index is -0.389. The van der Waals surface area contributed by atoms with E-state index in [2.05, 4.69) is 17.6 Å². The van der Waals surface area contributed by atoms with Gasteiger partial charge < -0.3 is 16.4 Å². The van der Waals surface area contributed by atoms with Gasteiger partial charge in [-0.15, -0.1) is 0 Å². The summed E-state index contributed by atoms with van der Waals surface area (Å²) in [5.41, 5.74) is 5.08. The van der Waals surface area contributed by atoms with E-state index < -0.39 is 0 Å². The molecule has 1 fully saturated rings. The first-order valence-corrected chi connectivity index (χ1v) is 6.98. The van der Waals surface area contributed by atoms with E-state index in [0.717, 1.165) is 12.8 Å². The smallest absolute Gasteiger partial charge is 0.227 e. The molecule has 0 aliphatic heterocycles. The molecule has 0 spiro atoms. The molecule has 0 saturated heterocycles. The van der Waals surface area contributed by atoms with Crippen LogP contribution in [-0.2, 0) is 9.59 Å². The van der Waals surface area contributed by atoms with Gasteiger partial charge in [0.25, 0.3) is 0 Å². The average Bonchev–Trinajstić information content (AvgIpc) is 2.21. The Kier molecular flexibility index (Phi) is 4.96. The van der Waals surface area contributed by atoms with Gasteiger partial charge >= 0.3 is 0 Å². The van der Waals surface area contributed by atoms with E-state index in [1.807, 2.05) is 20.8 Å². The highest BCUT2D eigenvalue weighted by Crippen LogP contribution is 2.44. The third-order valence-corrected chi connectivity index (χ3v) is 3.50. The Morgan fingerprint density at radius 2 is 1.89 bits per heavy atom. The highest BCUT2D eigenvalue weighted by atomic mass is 16.2. The Balaban J connectivity index is 2.30. The van der Waals surface area contributed by atoms with Crippen molar-refractivity contribution in [3.8, 4) is 0 Å². The molecule has 0 heterocycles. The highest BCUT2D eigenvalue weighted by Gasteiger charge is 2.46. The Hall–Kier alpha value is -1.10. The summed E-state index contributed by atoms with van der Waals surface area (Å²) < 4.78 is 0. The van der Waals surface area contributed by atoms with Crippen LogP contribution < -0.4 is 16.4 Å². The zero-order chi connectivity index (χ0) is 14.7. The van der Waals surface area contributed by atoms with Gasteiger partial charge in [-0.25, -0.2) is 0 Å². The van der Waals surface area contributed by atoms with Gasteiger partial charge in [-0.2, -0.15) is 0 Å². The summed E-state index contributed by atoms with van der Waals surface area (Å²) in [5.74, 6) is 0.520. The fourth-order valence-corrected chi connectivity index (χ4v) is 2.68. The third-order valence-electron chi connectivity index (χ3n) is 3.50. The minimum Gasteiger partial charge on any atom is -0.355 e. The van der Waals surface area contributed by atoms with Gasteiger partial charge in [0.2, 0.25) is 11.8 Å². The molecule has 1 rings (SSSR count). The van der Waals surface area contributed by atoms with Gasteiger partial charge in [-0.05, 0) is 39.5 Å². The molecule has 0 bridgehead atoms. The number of rotatable bonds is 5. The quantitative estimate of drug-likeness (QED) is 0.689. The molecule has 0 aromatic rings. The molecule has 19 heavy (non-hydrogen) atoms. The Labute approximate surface area is 115 Å². The molecule has 2 amide bonds. The third kappa shape index (κ3) is 4.49. The fourth-order valence-electron chi connectivity index (χ4n) is 2.68. The molecule has 0 aromatic heterocycles. The molecule has 1 saturated carbocycles. The Morgan fingerprint density at radius 3 is 2.32 bits per heavy atom.